The van der Waals surface area contributed by atoms with Gasteiger partial charge in [0.25, 0.3) is 0 Å². The van der Waals surface area contributed by atoms with Crippen LogP contribution in [-0.2, 0) is 0 Å². The van der Waals surface area contributed by atoms with Gasteiger partial charge in [0.2, 0.25) is 0 Å². The molecule has 0 aromatic heterocycles. The van der Waals surface area contributed by atoms with Gasteiger partial charge in [-0.15, -0.1) is 0 Å². The van der Waals surface area contributed by atoms with Gasteiger partial charge in [-0.3, -0.25) is 0 Å². The molecule has 11 N–H and O–H groups in total. The molecule has 0 amide bonds. The Morgan fingerprint density at radius 2 is 0.788 bits per heavy atom. The van der Waals surface area contributed by atoms with E-state index in [0.29, 0.717) is 18.9 Å². The minimum absolute atomic E-state index is 0. The maximum absolute atomic E-state index is 8.42. The summed E-state index contributed by atoms with van der Waals surface area (Å²) in [5, 5.41) is 64.1. The maximum atomic E-state index is 8.42. The molecule has 0 aliphatic heterocycles. The second-order valence-corrected chi connectivity index (χ2v) is 5.88. The van der Waals surface area contributed by atoms with Crippen molar-refractivity contribution >= 4 is 0 Å². The topological polar surface area (TPSA) is 228 Å². The van der Waals surface area contributed by atoms with Crippen LogP contribution in [0.2, 0.25) is 0 Å². The fraction of sp³-hybridized carbons (Fsp3) is 1.00. The average molecular weight is 511 g/mol. The summed E-state index contributed by atoms with van der Waals surface area (Å²) in [6.07, 6.45) is 2.91. The van der Waals surface area contributed by atoms with Crippen molar-refractivity contribution in [3.63, 3.8) is 0 Å². The largest absolute Gasteiger partial charge is 1.00 e. The van der Waals surface area contributed by atoms with Crippen LogP contribution in [0.3, 0.4) is 0 Å². The van der Waals surface area contributed by atoms with E-state index in [1.165, 1.54) is 12.8 Å². The second-order valence-electron chi connectivity index (χ2n) is 5.88. The molecule has 33 heavy (non-hydrogen) atoms. The van der Waals surface area contributed by atoms with E-state index in [0.717, 1.165) is 26.6 Å². The Bertz CT molecular complexity index is 152. The summed E-state index contributed by atoms with van der Waals surface area (Å²) in [6.45, 7) is 12.1. The fourth-order valence-corrected chi connectivity index (χ4v) is 0.605. The molecule has 0 radical (unpaired) electrons. The SMILES string of the molecule is C.C.CCC(C)CC.CCC(C)CO.CCC(O)CO.CO.C[O-].O.O.OCC(O)CO.[Na+]. The third-order valence-electron chi connectivity index (χ3n) is 3.51. The van der Waals surface area contributed by atoms with Crippen LogP contribution in [0.4, 0.5) is 0 Å². The number of hydrogen-bond acceptors (Lipinski definition) is 8. The molecule has 0 spiro atoms. The molecule has 0 aliphatic carbocycles. The molecular weight excluding hydrogens is 447 g/mol. The molecule has 0 saturated heterocycles. The van der Waals surface area contributed by atoms with Crippen LogP contribution in [0.5, 0.6) is 0 Å². The van der Waals surface area contributed by atoms with E-state index in [1.807, 2.05) is 13.8 Å². The summed E-state index contributed by atoms with van der Waals surface area (Å²) in [6, 6.07) is 0. The zero-order chi connectivity index (χ0) is 24.0. The molecule has 2 atom stereocenters. The molecule has 0 rings (SSSR count). The Kier molecular flexibility index (Phi) is 163. The van der Waals surface area contributed by atoms with E-state index in [4.69, 9.17) is 40.9 Å². The third-order valence-corrected chi connectivity index (χ3v) is 3.51. The van der Waals surface area contributed by atoms with Gasteiger partial charge in [0, 0.05) is 13.7 Å². The Hall–Kier alpha value is 0.600. The predicted molar refractivity (Wildman–Crippen MR) is 135 cm³/mol. The van der Waals surface area contributed by atoms with Crippen molar-refractivity contribution in [3.05, 3.63) is 0 Å². The van der Waals surface area contributed by atoms with Crippen molar-refractivity contribution in [2.75, 3.05) is 40.6 Å². The van der Waals surface area contributed by atoms with E-state index >= 15 is 0 Å². The van der Waals surface area contributed by atoms with Crippen LogP contribution >= 0.6 is 0 Å². The Morgan fingerprint density at radius 3 is 0.788 bits per heavy atom. The van der Waals surface area contributed by atoms with Crippen molar-refractivity contribution < 1.29 is 81.4 Å². The van der Waals surface area contributed by atoms with Gasteiger partial charge in [-0.05, 0) is 18.3 Å². The third kappa shape index (κ3) is 111. The summed E-state index contributed by atoms with van der Waals surface area (Å²) in [7, 11) is 1.75. The van der Waals surface area contributed by atoms with Gasteiger partial charge in [0.05, 0.1) is 25.9 Å². The molecule has 11 heteroatoms. The Labute approximate surface area is 227 Å². The molecule has 0 saturated carbocycles. The first kappa shape index (κ1) is 69.9. The van der Waals surface area contributed by atoms with Crippen molar-refractivity contribution in [2.45, 2.75) is 94.3 Å². The number of aliphatic hydroxyl groups excluding tert-OH is 7. The summed E-state index contributed by atoms with van der Waals surface area (Å²) >= 11 is 0. The average Bonchev–Trinajstić information content (AvgIpc) is 2.80. The van der Waals surface area contributed by atoms with E-state index in [1.54, 1.807) is 0 Å². The van der Waals surface area contributed by atoms with Crippen LogP contribution in [0, 0.1) is 11.8 Å². The monoisotopic (exact) mass is 510 g/mol. The summed E-state index contributed by atoms with van der Waals surface area (Å²) in [5.74, 6) is 1.43. The zero-order valence-corrected chi connectivity index (χ0v) is 23.5. The molecule has 0 heterocycles. The quantitative estimate of drug-likeness (QED) is 0.164. The van der Waals surface area contributed by atoms with Gasteiger partial charge in [0.1, 0.15) is 6.10 Å². The van der Waals surface area contributed by atoms with Crippen molar-refractivity contribution in [3.8, 4) is 0 Å². The Balaban J connectivity index is -0.0000000197. The molecular formula is C22H63NaO10. The summed E-state index contributed by atoms with van der Waals surface area (Å²) in [5.41, 5.74) is 0. The maximum Gasteiger partial charge on any atom is 1.00 e. The Morgan fingerprint density at radius 1 is 0.545 bits per heavy atom. The van der Waals surface area contributed by atoms with Gasteiger partial charge in [0.15, 0.2) is 0 Å². The predicted octanol–water partition coefficient (Wildman–Crippen LogP) is -3.24. The molecule has 2 unspecified atom stereocenters. The molecule has 0 aliphatic rings. The molecule has 0 aromatic carbocycles. The van der Waals surface area contributed by atoms with Gasteiger partial charge in [-0.25, -0.2) is 0 Å². The van der Waals surface area contributed by atoms with E-state index in [-0.39, 0.29) is 75.2 Å². The summed E-state index contributed by atoms with van der Waals surface area (Å²) in [4.78, 5) is 0. The standard InChI is InChI=1S/C6H14.C5H12O.C4H10O2.C3H8O3.CH4O.CH3O.2CH4.Na.2H2O/c1-4-6(3)5-2;1-3-5(2)4-6;1-2-4(6)3-5;4-1-3(6)2-5;2*1-2;;;;;/h6H,4-5H2,1-3H3;5-6H,3-4H2,1-2H3;4-6H,2-3H2,1H3;3-6H,1-2H2;2H,1H3;1H3;2*1H4;;2*1H2/q;;;;;-1;;;+1;;. The van der Waals surface area contributed by atoms with Crippen LogP contribution in [0.25, 0.3) is 0 Å². The first-order valence-electron chi connectivity index (χ1n) is 9.89. The van der Waals surface area contributed by atoms with Gasteiger partial charge >= 0.3 is 29.6 Å². The second kappa shape index (κ2) is 76.7. The zero-order valence-electron chi connectivity index (χ0n) is 21.5. The van der Waals surface area contributed by atoms with Crippen LogP contribution in [-0.4, -0.2) is 99.6 Å². The van der Waals surface area contributed by atoms with Crippen molar-refractivity contribution in [1.82, 2.24) is 0 Å². The van der Waals surface area contributed by atoms with Crippen molar-refractivity contribution in [2.24, 2.45) is 11.8 Å². The van der Waals surface area contributed by atoms with Gasteiger partial charge in [-0.2, -0.15) is 7.11 Å². The first-order valence-corrected chi connectivity index (χ1v) is 9.89. The minimum Gasteiger partial charge on any atom is -0.857 e. The molecule has 0 fully saturated rings. The van der Waals surface area contributed by atoms with Crippen molar-refractivity contribution in [1.29, 1.82) is 0 Å². The normalized spacial score (nSPS) is 9.27. The number of rotatable bonds is 8. The number of aliphatic hydroxyl groups is 7. The fourth-order valence-electron chi connectivity index (χ4n) is 0.605. The van der Waals surface area contributed by atoms with Crippen LogP contribution in [0.1, 0.15) is 82.1 Å². The molecule has 0 bridgehead atoms. The molecule has 212 valence electrons. The van der Waals surface area contributed by atoms with Crippen LogP contribution < -0.4 is 34.7 Å². The molecule has 10 nitrogen and oxygen atoms in total. The van der Waals surface area contributed by atoms with E-state index < -0.39 is 12.2 Å². The van der Waals surface area contributed by atoms with Crippen LogP contribution in [0.15, 0.2) is 0 Å². The first-order chi connectivity index (χ1) is 13.2. The summed E-state index contributed by atoms with van der Waals surface area (Å²) < 4.78 is 0. The smallest absolute Gasteiger partial charge is 0.857 e. The van der Waals surface area contributed by atoms with E-state index in [9.17, 15) is 0 Å². The number of hydrogen-bond donors (Lipinski definition) is 7. The van der Waals surface area contributed by atoms with E-state index in [2.05, 4.69) is 27.7 Å². The molecule has 0 aromatic rings. The van der Waals surface area contributed by atoms with Gasteiger partial charge < -0.3 is 51.8 Å². The minimum atomic E-state index is -0.954. The van der Waals surface area contributed by atoms with Gasteiger partial charge in [-0.1, -0.05) is 75.7 Å².